The van der Waals surface area contributed by atoms with Gasteiger partial charge < -0.3 is 14.7 Å². The number of hydrogen-bond acceptors (Lipinski definition) is 3. The number of carboxylic acids is 1. The van der Waals surface area contributed by atoms with Crippen LogP contribution in [-0.4, -0.2) is 47.7 Å². The van der Waals surface area contributed by atoms with Crippen molar-refractivity contribution in [3.8, 4) is 0 Å². The van der Waals surface area contributed by atoms with Crippen LogP contribution in [0.4, 0.5) is 0 Å². The third-order valence-corrected chi connectivity index (χ3v) is 6.69. The highest BCUT2D eigenvalue weighted by Crippen LogP contribution is 2.42. The molecule has 0 radical (unpaired) electrons. The van der Waals surface area contributed by atoms with E-state index in [9.17, 15) is 14.7 Å². The molecule has 2 saturated heterocycles. The molecule has 1 N–H and O–H groups in total. The normalized spacial score (nSPS) is 31.1. The fraction of sp³-hybridized carbons (Fsp3) is 0.895. The number of hydrogen-bond donors (Lipinski definition) is 1. The van der Waals surface area contributed by atoms with Crippen molar-refractivity contribution in [3.05, 3.63) is 0 Å². The average molecular weight is 337 g/mol. The highest BCUT2D eigenvalue weighted by atomic mass is 16.5. The lowest BCUT2D eigenvalue weighted by atomic mass is 9.71. The Hall–Kier alpha value is -1.10. The van der Waals surface area contributed by atoms with Crippen molar-refractivity contribution in [1.82, 2.24) is 4.90 Å². The van der Waals surface area contributed by atoms with E-state index in [1.807, 2.05) is 0 Å². The van der Waals surface area contributed by atoms with Gasteiger partial charge in [0.05, 0.1) is 12.0 Å². The van der Waals surface area contributed by atoms with Gasteiger partial charge in [-0.2, -0.15) is 0 Å². The second kappa shape index (κ2) is 7.42. The largest absolute Gasteiger partial charge is 0.481 e. The van der Waals surface area contributed by atoms with Gasteiger partial charge in [0.1, 0.15) is 0 Å². The number of aliphatic carboxylic acids is 1. The van der Waals surface area contributed by atoms with E-state index in [0.29, 0.717) is 18.9 Å². The van der Waals surface area contributed by atoms with Gasteiger partial charge >= 0.3 is 5.97 Å². The standard InChI is InChI=1S/C19H31NO4/c1-2-19(9-4-3-5-10-19)18(23)20-11-6-14(7-12-20)16-15(17(21)22)8-13-24-16/h14-16H,2-13H2,1H3,(H,21,22)/t15?,16-/m0/s1. The van der Waals surface area contributed by atoms with E-state index < -0.39 is 5.97 Å². The summed E-state index contributed by atoms with van der Waals surface area (Å²) in [5.74, 6) is -0.465. The molecular weight excluding hydrogens is 306 g/mol. The van der Waals surface area contributed by atoms with E-state index in [0.717, 1.165) is 45.2 Å². The van der Waals surface area contributed by atoms with Gasteiger partial charge in [0.2, 0.25) is 5.91 Å². The van der Waals surface area contributed by atoms with E-state index in [1.54, 1.807) is 0 Å². The van der Waals surface area contributed by atoms with E-state index in [4.69, 9.17) is 4.74 Å². The number of carbonyl (C=O) groups excluding carboxylic acids is 1. The third kappa shape index (κ3) is 3.32. The molecule has 3 aliphatic rings. The fourth-order valence-corrected chi connectivity index (χ4v) is 5.05. The van der Waals surface area contributed by atoms with Crippen molar-refractivity contribution < 1.29 is 19.4 Å². The van der Waals surface area contributed by atoms with E-state index in [1.165, 1.54) is 19.3 Å². The van der Waals surface area contributed by atoms with Crippen molar-refractivity contribution in [2.45, 2.75) is 70.8 Å². The van der Waals surface area contributed by atoms with Gasteiger partial charge in [-0.25, -0.2) is 0 Å². The second-order valence-corrected chi connectivity index (χ2v) is 7.89. The minimum Gasteiger partial charge on any atom is -0.481 e. The molecule has 2 aliphatic heterocycles. The van der Waals surface area contributed by atoms with Crippen LogP contribution in [0.15, 0.2) is 0 Å². The Morgan fingerprint density at radius 3 is 2.38 bits per heavy atom. The molecule has 2 heterocycles. The van der Waals surface area contributed by atoms with Crippen LogP contribution >= 0.6 is 0 Å². The molecule has 3 fully saturated rings. The molecule has 0 spiro atoms. The van der Waals surface area contributed by atoms with Crippen molar-refractivity contribution in [2.24, 2.45) is 17.3 Å². The van der Waals surface area contributed by atoms with Crippen LogP contribution in [-0.2, 0) is 14.3 Å². The first-order chi connectivity index (χ1) is 11.6. The first-order valence-electron chi connectivity index (χ1n) is 9.71. The van der Waals surface area contributed by atoms with E-state index >= 15 is 0 Å². The van der Waals surface area contributed by atoms with Crippen LogP contribution in [0.2, 0.25) is 0 Å². The van der Waals surface area contributed by atoms with Crippen molar-refractivity contribution in [2.75, 3.05) is 19.7 Å². The molecule has 3 rings (SSSR count). The van der Waals surface area contributed by atoms with Crippen LogP contribution in [0.3, 0.4) is 0 Å². The van der Waals surface area contributed by atoms with Crippen LogP contribution in [0, 0.1) is 17.3 Å². The molecule has 0 aromatic rings. The Balaban J connectivity index is 1.58. The number of amides is 1. The number of rotatable bonds is 4. The predicted molar refractivity (Wildman–Crippen MR) is 90.6 cm³/mol. The smallest absolute Gasteiger partial charge is 0.309 e. The lowest BCUT2D eigenvalue weighted by molar-refractivity contribution is -0.149. The van der Waals surface area contributed by atoms with Crippen LogP contribution in [0.5, 0.6) is 0 Å². The number of piperidine rings is 1. The van der Waals surface area contributed by atoms with Gasteiger partial charge in [0.15, 0.2) is 0 Å². The maximum Gasteiger partial charge on any atom is 0.309 e. The molecule has 136 valence electrons. The zero-order chi connectivity index (χ0) is 17.2. The predicted octanol–water partition coefficient (Wildman–Crippen LogP) is 3.08. The van der Waals surface area contributed by atoms with Gasteiger partial charge in [0.25, 0.3) is 0 Å². The van der Waals surface area contributed by atoms with Crippen LogP contribution in [0.1, 0.15) is 64.7 Å². The SMILES string of the molecule is CCC1(C(=O)N2CCC([C@@H]3OCCC3C(=O)O)CC2)CCCCC1. The Morgan fingerprint density at radius 2 is 1.79 bits per heavy atom. The van der Waals surface area contributed by atoms with E-state index in [-0.39, 0.29) is 23.4 Å². The Kier molecular flexibility index (Phi) is 5.48. The first-order valence-corrected chi connectivity index (χ1v) is 9.71. The van der Waals surface area contributed by atoms with Crippen molar-refractivity contribution >= 4 is 11.9 Å². The molecule has 0 aromatic heterocycles. The maximum atomic E-state index is 13.1. The number of nitrogens with zero attached hydrogens (tertiary/aromatic N) is 1. The molecule has 24 heavy (non-hydrogen) atoms. The summed E-state index contributed by atoms with van der Waals surface area (Å²) in [6.07, 6.45) is 8.83. The summed E-state index contributed by atoms with van der Waals surface area (Å²) in [4.78, 5) is 26.5. The molecule has 1 unspecified atom stereocenters. The third-order valence-electron chi connectivity index (χ3n) is 6.69. The monoisotopic (exact) mass is 337 g/mol. The summed E-state index contributed by atoms with van der Waals surface area (Å²) in [7, 11) is 0. The molecule has 2 atom stereocenters. The summed E-state index contributed by atoms with van der Waals surface area (Å²) in [5.41, 5.74) is -0.126. The Labute approximate surface area is 144 Å². The number of carboxylic acid groups (broad SMARTS) is 1. The highest BCUT2D eigenvalue weighted by molar-refractivity contribution is 5.83. The molecule has 1 aliphatic carbocycles. The van der Waals surface area contributed by atoms with Gasteiger partial charge in [-0.1, -0.05) is 26.2 Å². The summed E-state index contributed by atoms with van der Waals surface area (Å²) >= 11 is 0. The van der Waals surface area contributed by atoms with Crippen molar-refractivity contribution in [3.63, 3.8) is 0 Å². The minimum atomic E-state index is -0.733. The van der Waals surface area contributed by atoms with Gasteiger partial charge in [-0.3, -0.25) is 9.59 Å². The Bertz CT molecular complexity index is 464. The maximum absolute atomic E-state index is 13.1. The second-order valence-electron chi connectivity index (χ2n) is 7.89. The zero-order valence-electron chi connectivity index (χ0n) is 14.8. The fourth-order valence-electron chi connectivity index (χ4n) is 5.05. The van der Waals surface area contributed by atoms with Gasteiger partial charge in [0, 0.05) is 25.1 Å². The summed E-state index contributed by atoms with van der Waals surface area (Å²) < 4.78 is 5.74. The molecule has 5 nitrogen and oxygen atoms in total. The lowest BCUT2D eigenvalue weighted by Crippen LogP contribution is -2.49. The highest BCUT2D eigenvalue weighted by Gasteiger charge is 2.44. The molecule has 1 saturated carbocycles. The van der Waals surface area contributed by atoms with Gasteiger partial charge in [-0.15, -0.1) is 0 Å². The first kappa shape index (κ1) is 17.7. The average Bonchev–Trinajstić information content (AvgIpc) is 3.12. The van der Waals surface area contributed by atoms with Crippen LogP contribution in [0.25, 0.3) is 0 Å². The molecule has 0 aromatic carbocycles. The van der Waals surface area contributed by atoms with Gasteiger partial charge in [-0.05, 0) is 44.4 Å². The number of likely N-dealkylation sites (tertiary alicyclic amines) is 1. The number of ether oxygens (including phenoxy) is 1. The summed E-state index contributed by atoms with van der Waals surface area (Å²) in [6.45, 7) is 4.23. The zero-order valence-corrected chi connectivity index (χ0v) is 14.8. The lowest BCUT2D eigenvalue weighted by Gasteiger charge is -2.42. The molecule has 0 bridgehead atoms. The van der Waals surface area contributed by atoms with E-state index in [2.05, 4.69) is 11.8 Å². The Morgan fingerprint density at radius 1 is 1.12 bits per heavy atom. The minimum absolute atomic E-state index is 0.126. The number of carbonyl (C=O) groups is 2. The van der Waals surface area contributed by atoms with Crippen LogP contribution < -0.4 is 0 Å². The quantitative estimate of drug-likeness (QED) is 0.856. The van der Waals surface area contributed by atoms with Crippen molar-refractivity contribution in [1.29, 1.82) is 0 Å². The summed E-state index contributed by atoms with van der Waals surface area (Å²) in [5, 5.41) is 9.35. The topological polar surface area (TPSA) is 66.8 Å². The molecule has 1 amide bonds. The molecular formula is C19H31NO4. The summed E-state index contributed by atoms with van der Waals surface area (Å²) in [6, 6.07) is 0. The molecule has 5 heteroatoms.